The van der Waals surface area contributed by atoms with E-state index in [0.717, 1.165) is 40.0 Å². The number of carbonyl (C=O) groups is 1. The Kier molecular flexibility index (Phi) is 5.29. The van der Waals surface area contributed by atoms with Crippen LogP contribution in [0.5, 0.6) is 5.75 Å². The van der Waals surface area contributed by atoms with E-state index in [1.54, 1.807) is 11.8 Å². The SMILES string of the molecule is COc1ccc(-c2cn(CC3Cc4cn(Cc5ccccc5)c5cccc(c45)C(=O)O3)nn2)cc1. The van der Waals surface area contributed by atoms with E-state index < -0.39 is 0 Å². The molecule has 0 saturated heterocycles. The maximum absolute atomic E-state index is 13.1. The van der Waals surface area contributed by atoms with Gasteiger partial charge in [-0.1, -0.05) is 41.6 Å². The second kappa shape index (κ2) is 8.76. The molecule has 1 aliphatic heterocycles. The van der Waals surface area contributed by atoms with Crippen LogP contribution in [-0.2, 0) is 24.2 Å². The Morgan fingerprint density at radius 2 is 1.83 bits per heavy atom. The van der Waals surface area contributed by atoms with E-state index in [1.165, 1.54) is 5.56 Å². The second-order valence-corrected chi connectivity index (χ2v) is 8.75. The molecule has 0 saturated carbocycles. The van der Waals surface area contributed by atoms with Crippen LogP contribution in [0.3, 0.4) is 0 Å². The van der Waals surface area contributed by atoms with E-state index in [9.17, 15) is 4.79 Å². The second-order valence-electron chi connectivity index (χ2n) is 8.75. The Hall–Kier alpha value is -4.39. The molecule has 0 bridgehead atoms. The molecule has 5 aromatic rings. The first-order chi connectivity index (χ1) is 17.2. The summed E-state index contributed by atoms with van der Waals surface area (Å²) in [5.74, 6) is 0.490. The fourth-order valence-corrected chi connectivity index (χ4v) is 4.77. The molecule has 0 N–H and O–H groups in total. The first-order valence-electron chi connectivity index (χ1n) is 11.6. The average molecular weight is 465 g/mol. The number of nitrogens with zero attached hydrogens (tertiary/aromatic N) is 4. The zero-order valence-corrected chi connectivity index (χ0v) is 19.3. The molecule has 7 nitrogen and oxygen atoms in total. The van der Waals surface area contributed by atoms with Gasteiger partial charge in [0.1, 0.15) is 17.5 Å². The Balaban J connectivity index is 1.27. The number of hydrogen-bond donors (Lipinski definition) is 0. The lowest BCUT2D eigenvalue weighted by Crippen LogP contribution is -2.24. The molecule has 1 atom stereocenters. The molecule has 2 aromatic heterocycles. The zero-order chi connectivity index (χ0) is 23.8. The average Bonchev–Trinajstić information content (AvgIpc) is 3.46. The number of cyclic esters (lactones) is 1. The third-order valence-electron chi connectivity index (χ3n) is 6.44. The summed E-state index contributed by atoms with van der Waals surface area (Å²) in [6.07, 6.45) is 4.29. The summed E-state index contributed by atoms with van der Waals surface area (Å²) in [6, 6.07) is 23.8. The topological polar surface area (TPSA) is 71.2 Å². The van der Waals surface area contributed by atoms with E-state index in [-0.39, 0.29) is 12.1 Å². The van der Waals surface area contributed by atoms with Crippen LogP contribution in [0.25, 0.3) is 22.2 Å². The van der Waals surface area contributed by atoms with Gasteiger partial charge in [0.25, 0.3) is 0 Å². The van der Waals surface area contributed by atoms with Gasteiger partial charge >= 0.3 is 5.97 Å². The highest BCUT2D eigenvalue weighted by Gasteiger charge is 2.27. The lowest BCUT2D eigenvalue weighted by Gasteiger charge is -2.15. The number of methoxy groups -OCH3 is 1. The lowest BCUT2D eigenvalue weighted by molar-refractivity contribution is 0.0264. The zero-order valence-electron chi connectivity index (χ0n) is 19.3. The molecule has 6 rings (SSSR count). The summed E-state index contributed by atoms with van der Waals surface area (Å²) in [5.41, 5.74) is 5.68. The minimum Gasteiger partial charge on any atom is -0.497 e. The van der Waals surface area contributed by atoms with Gasteiger partial charge in [-0.05, 0) is 47.5 Å². The number of rotatable bonds is 6. The Morgan fingerprint density at radius 1 is 1.00 bits per heavy atom. The largest absolute Gasteiger partial charge is 0.497 e. The van der Waals surface area contributed by atoms with Crippen LogP contribution in [0.1, 0.15) is 21.5 Å². The molecule has 3 heterocycles. The van der Waals surface area contributed by atoms with Gasteiger partial charge in [0, 0.05) is 35.6 Å². The highest BCUT2D eigenvalue weighted by atomic mass is 16.5. The molecule has 1 aliphatic rings. The molecule has 1 unspecified atom stereocenters. The van der Waals surface area contributed by atoms with Crippen LogP contribution in [0, 0.1) is 0 Å². The van der Waals surface area contributed by atoms with Crippen molar-refractivity contribution in [3.05, 3.63) is 102 Å². The Bertz CT molecular complexity index is 1500. The monoisotopic (exact) mass is 464 g/mol. The van der Waals surface area contributed by atoms with Gasteiger partial charge in [-0.15, -0.1) is 5.10 Å². The maximum atomic E-state index is 13.1. The summed E-state index contributed by atoms with van der Waals surface area (Å²) < 4.78 is 15.1. The molecule has 0 radical (unpaired) electrons. The summed E-state index contributed by atoms with van der Waals surface area (Å²) in [4.78, 5) is 13.1. The summed E-state index contributed by atoms with van der Waals surface area (Å²) in [6.45, 7) is 1.17. The van der Waals surface area contributed by atoms with E-state index in [2.05, 4.69) is 39.3 Å². The number of hydrogen-bond acceptors (Lipinski definition) is 5. The summed E-state index contributed by atoms with van der Waals surface area (Å²) >= 11 is 0. The van der Waals surface area contributed by atoms with E-state index in [1.807, 2.05) is 60.8 Å². The van der Waals surface area contributed by atoms with Crippen molar-refractivity contribution in [2.24, 2.45) is 0 Å². The predicted molar refractivity (Wildman–Crippen MR) is 132 cm³/mol. The van der Waals surface area contributed by atoms with Crippen molar-refractivity contribution in [3.63, 3.8) is 0 Å². The van der Waals surface area contributed by atoms with Gasteiger partial charge in [0.2, 0.25) is 0 Å². The molecule has 7 heteroatoms. The Morgan fingerprint density at radius 3 is 2.63 bits per heavy atom. The minimum absolute atomic E-state index is 0.299. The van der Waals surface area contributed by atoms with Crippen molar-refractivity contribution >= 4 is 16.9 Å². The fourth-order valence-electron chi connectivity index (χ4n) is 4.77. The van der Waals surface area contributed by atoms with Crippen LogP contribution in [0.2, 0.25) is 0 Å². The van der Waals surface area contributed by atoms with E-state index in [4.69, 9.17) is 9.47 Å². The number of aromatic nitrogens is 4. The number of carbonyl (C=O) groups excluding carboxylic acids is 1. The molecule has 35 heavy (non-hydrogen) atoms. The summed E-state index contributed by atoms with van der Waals surface area (Å²) in [5, 5.41) is 9.57. The van der Waals surface area contributed by atoms with Crippen molar-refractivity contribution in [2.75, 3.05) is 7.11 Å². The number of esters is 1. The molecule has 0 amide bonds. The summed E-state index contributed by atoms with van der Waals surface area (Å²) in [7, 11) is 1.64. The molecular weight excluding hydrogens is 440 g/mol. The molecule has 0 spiro atoms. The van der Waals surface area contributed by atoms with Gasteiger partial charge in [0.15, 0.2) is 0 Å². The lowest BCUT2D eigenvalue weighted by atomic mass is 10.0. The molecule has 0 aliphatic carbocycles. The maximum Gasteiger partial charge on any atom is 0.339 e. The van der Waals surface area contributed by atoms with Crippen molar-refractivity contribution in [1.29, 1.82) is 0 Å². The molecular formula is C28H24N4O3. The first kappa shape index (κ1) is 21.2. The number of ether oxygens (including phenoxy) is 2. The van der Waals surface area contributed by atoms with Crippen LogP contribution < -0.4 is 4.74 Å². The van der Waals surface area contributed by atoms with Gasteiger partial charge < -0.3 is 14.0 Å². The van der Waals surface area contributed by atoms with Crippen molar-refractivity contribution in [1.82, 2.24) is 19.6 Å². The van der Waals surface area contributed by atoms with Crippen molar-refractivity contribution in [3.8, 4) is 17.0 Å². The van der Waals surface area contributed by atoms with Gasteiger partial charge in [-0.25, -0.2) is 9.48 Å². The molecule has 3 aromatic carbocycles. The van der Waals surface area contributed by atoms with E-state index in [0.29, 0.717) is 18.5 Å². The quantitative estimate of drug-likeness (QED) is 0.340. The van der Waals surface area contributed by atoms with Gasteiger partial charge in [-0.3, -0.25) is 0 Å². The minimum atomic E-state index is -0.351. The van der Waals surface area contributed by atoms with Crippen LogP contribution in [0.15, 0.2) is 85.2 Å². The van der Waals surface area contributed by atoms with Crippen LogP contribution in [-0.4, -0.2) is 38.7 Å². The number of benzene rings is 3. The highest BCUT2D eigenvalue weighted by molar-refractivity contribution is 6.06. The predicted octanol–water partition coefficient (Wildman–Crippen LogP) is 4.74. The third kappa shape index (κ3) is 4.05. The standard InChI is InChI=1S/C28H24N4O3/c1-34-22-12-10-20(11-13-22)25-18-32(30-29-25)17-23-14-21-16-31(15-19-6-3-2-4-7-19)26-9-5-8-24(27(21)26)28(33)35-23/h2-13,16,18,23H,14-15,17H2,1H3. The molecule has 0 fully saturated rings. The van der Waals surface area contributed by atoms with E-state index >= 15 is 0 Å². The van der Waals surface area contributed by atoms with Crippen molar-refractivity contribution < 1.29 is 14.3 Å². The molecule has 174 valence electrons. The van der Waals surface area contributed by atoms with Gasteiger partial charge in [0.05, 0.1) is 25.4 Å². The normalized spacial score (nSPS) is 15.1. The highest BCUT2D eigenvalue weighted by Crippen LogP contribution is 2.31. The first-order valence-corrected chi connectivity index (χ1v) is 11.6. The van der Waals surface area contributed by atoms with Crippen LogP contribution >= 0.6 is 0 Å². The van der Waals surface area contributed by atoms with Crippen LogP contribution in [0.4, 0.5) is 0 Å². The fraction of sp³-hybridized carbons (Fsp3) is 0.179. The Labute approximate surface area is 202 Å². The van der Waals surface area contributed by atoms with Gasteiger partial charge in [-0.2, -0.15) is 0 Å². The van der Waals surface area contributed by atoms with Crippen molar-refractivity contribution in [2.45, 2.75) is 25.6 Å². The third-order valence-corrected chi connectivity index (χ3v) is 6.44. The smallest absolute Gasteiger partial charge is 0.339 e.